The van der Waals surface area contributed by atoms with Gasteiger partial charge in [0.05, 0.1) is 30.2 Å². The average Bonchev–Trinajstić information content (AvgIpc) is 2.97. The van der Waals surface area contributed by atoms with Crippen molar-refractivity contribution in [2.45, 2.75) is 25.4 Å². The van der Waals surface area contributed by atoms with Crippen molar-refractivity contribution in [3.63, 3.8) is 0 Å². The van der Waals surface area contributed by atoms with Crippen LogP contribution in [-0.4, -0.2) is 45.8 Å². The minimum absolute atomic E-state index is 0.0940. The largest absolute Gasteiger partial charge is 0.393 e. The molecule has 1 heterocycles. The second-order valence-corrected chi connectivity index (χ2v) is 7.92. The lowest BCUT2D eigenvalue weighted by molar-refractivity contribution is -0.0618. The Morgan fingerprint density at radius 3 is 2.72 bits per heavy atom. The van der Waals surface area contributed by atoms with Crippen molar-refractivity contribution in [1.29, 1.82) is 0 Å². The highest BCUT2D eigenvalue weighted by molar-refractivity contribution is 14.1. The molecule has 1 amide bonds. The SMILES string of the molecule is Cn1c(Nc2ccc(I)cc2F)c(C(=O)NOC(CO)CO)c2c1C(=O)CCC2. The van der Waals surface area contributed by atoms with E-state index in [9.17, 15) is 14.0 Å². The number of hydrogen-bond acceptors (Lipinski definition) is 6. The first-order valence-electron chi connectivity index (χ1n) is 9.01. The second-order valence-electron chi connectivity index (χ2n) is 6.67. The average molecular weight is 517 g/mol. The molecule has 8 nitrogen and oxygen atoms in total. The number of carbonyl (C=O) groups is 2. The summed E-state index contributed by atoms with van der Waals surface area (Å²) in [6.45, 7) is -0.970. The molecular weight excluding hydrogens is 496 g/mol. The molecule has 0 saturated heterocycles. The minimum Gasteiger partial charge on any atom is -0.393 e. The van der Waals surface area contributed by atoms with Crippen LogP contribution in [0.5, 0.6) is 0 Å². The number of carbonyl (C=O) groups excluding carboxylic acids is 2. The van der Waals surface area contributed by atoms with E-state index < -0.39 is 31.0 Å². The molecule has 1 aliphatic rings. The van der Waals surface area contributed by atoms with Crippen LogP contribution in [0.25, 0.3) is 0 Å². The van der Waals surface area contributed by atoms with Gasteiger partial charge in [-0.2, -0.15) is 0 Å². The summed E-state index contributed by atoms with van der Waals surface area (Å²) in [4.78, 5) is 30.4. The molecule has 2 aromatic rings. The first-order valence-corrected chi connectivity index (χ1v) is 10.1. The van der Waals surface area contributed by atoms with Crippen LogP contribution >= 0.6 is 22.6 Å². The number of fused-ring (bicyclic) bond motifs is 1. The lowest BCUT2D eigenvalue weighted by atomic mass is 9.93. The maximum absolute atomic E-state index is 14.4. The number of nitrogens with one attached hydrogen (secondary N) is 2. The number of rotatable bonds is 7. The van der Waals surface area contributed by atoms with Gasteiger partial charge in [-0.05, 0) is 59.2 Å². The summed E-state index contributed by atoms with van der Waals surface area (Å²) >= 11 is 1.99. The summed E-state index contributed by atoms with van der Waals surface area (Å²) < 4.78 is 16.7. The third kappa shape index (κ3) is 4.44. The van der Waals surface area contributed by atoms with Crippen molar-refractivity contribution in [3.8, 4) is 0 Å². The number of anilines is 2. The molecule has 0 bridgehead atoms. The van der Waals surface area contributed by atoms with Crippen LogP contribution in [0.4, 0.5) is 15.9 Å². The normalized spacial score (nSPS) is 13.5. The fraction of sp³-hybridized carbons (Fsp3) is 0.368. The predicted molar refractivity (Wildman–Crippen MR) is 112 cm³/mol. The number of hydroxylamine groups is 1. The summed E-state index contributed by atoms with van der Waals surface area (Å²) in [5.74, 6) is -0.984. The zero-order valence-corrected chi connectivity index (χ0v) is 17.8. The van der Waals surface area contributed by atoms with Crippen LogP contribution < -0.4 is 10.8 Å². The Kier molecular flexibility index (Phi) is 6.88. The number of aliphatic hydroxyl groups excluding tert-OH is 2. The molecule has 29 heavy (non-hydrogen) atoms. The van der Waals surface area contributed by atoms with Gasteiger partial charge >= 0.3 is 0 Å². The zero-order valence-electron chi connectivity index (χ0n) is 15.7. The Morgan fingerprint density at radius 1 is 1.34 bits per heavy atom. The molecular formula is C19H21FIN3O5. The van der Waals surface area contributed by atoms with E-state index in [1.807, 2.05) is 22.6 Å². The molecule has 1 aromatic carbocycles. The highest BCUT2D eigenvalue weighted by Gasteiger charge is 2.32. The topological polar surface area (TPSA) is 113 Å². The first kappa shape index (κ1) is 21.7. The Bertz CT molecular complexity index is 942. The van der Waals surface area contributed by atoms with Crippen molar-refractivity contribution >= 4 is 45.8 Å². The van der Waals surface area contributed by atoms with Crippen LogP contribution in [0.15, 0.2) is 18.2 Å². The van der Waals surface area contributed by atoms with Gasteiger partial charge in [0.1, 0.15) is 17.7 Å². The van der Waals surface area contributed by atoms with Crippen LogP contribution in [0.1, 0.15) is 39.3 Å². The summed E-state index contributed by atoms with van der Waals surface area (Å²) in [5.41, 5.74) is 3.50. The quantitative estimate of drug-likeness (QED) is 0.331. The summed E-state index contributed by atoms with van der Waals surface area (Å²) in [7, 11) is 1.64. The molecule has 0 aliphatic heterocycles. The van der Waals surface area contributed by atoms with E-state index in [4.69, 9.17) is 15.1 Å². The smallest absolute Gasteiger partial charge is 0.278 e. The summed E-state index contributed by atoms with van der Waals surface area (Å²) in [6.07, 6.45) is 0.504. The van der Waals surface area contributed by atoms with Crippen LogP contribution in [0.3, 0.4) is 0 Å². The third-order valence-electron chi connectivity index (χ3n) is 4.73. The number of halogens is 2. The molecule has 0 fully saturated rings. The molecule has 156 valence electrons. The van der Waals surface area contributed by atoms with Gasteiger partial charge in [-0.1, -0.05) is 0 Å². The van der Waals surface area contributed by atoms with E-state index in [2.05, 4.69) is 10.8 Å². The van der Waals surface area contributed by atoms with Gasteiger partial charge < -0.3 is 20.1 Å². The molecule has 3 rings (SSSR count). The molecule has 1 aliphatic carbocycles. The number of Topliss-reactive ketones (excluding diaryl/α,β-unsaturated/α-hetero) is 1. The maximum atomic E-state index is 14.4. The van der Waals surface area contributed by atoms with Gasteiger partial charge in [0.25, 0.3) is 5.91 Å². The van der Waals surface area contributed by atoms with E-state index in [1.54, 1.807) is 23.7 Å². The first-order chi connectivity index (χ1) is 13.9. The van der Waals surface area contributed by atoms with Gasteiger partial charge in [-0.3, -0.25) is 14.4 Å². The number of amides is 1. The van der Waals surface area contributed by atoms with Crippen LogP contribution in [0, 0.1) is 9.39 Å². The van der Waals surface area contributed by atoms with E-state index in [0.717, 1.165) is 3.57 Å². The third-order valence-corrected chi connectivity index (χ3v) is 5.40. The molecule has 0 radical (unpaired) electrons. The lowest BCUT2D eigenvalue weighted by Gasteiger charge is -2.15. The van der Waals surface area contributed by atoms with Gasteiger partial charge in [0.2, 0.25) is 0 Å². The zero-order chi connectivity index (χ0) is 21.1. The fourth-order valence-corrected chi connectivity index (χ4v) is 3.77. The van der Waals surface area contributed by atoms with Gasteiger partial charge in [0, 0.05) is 17.0 Å². The Balaban J connectivity index is 2.02. The molecule has 4 N–H and O–H groups in total. The van der Waals surface area contributed by atoms with Crippen molar-refractivity contribution in [1.82, 2.24) is 10.0 Å². The highest BCUT2D eigenvalue weighted by Crippen LogP contribution is 2.35. The standard InChI is InChI=1S/C19H21FIN3O5/c1-24-17-12(3-2-4-15(17)27)16(19(28)23-29-11(8-25)9-26)18(24)22-14-6-5-10(21)7-13(14)20/h5-7,11,22,25-26H,2-4,8-9H2,1H3,(H,23,28). The number of aliphatic hydroxyl groups is 2. The van der Waals surface area contributed by atoms with Crippen molar-refractivity contribution < 1.29 is 29.0 Å². The molecule has 0 atom stereocenters. The van der Waals surface area contributed by atoms with Gasteiger partial charge in [-0.25, -0.2) is 9.87 Å². The Hall–Kier alpha value is -2.02. The number of benzene rings is 1. The number of aromatic nitrogens is 1. The fourth-order valence-electron chi connectivity index (χ4n) is 3.32. The van der Waals surface area contributed by atoms with Gasteiger partial charge in [0.15, 0.2) is 5.78 Å². The molecule has 0 saturated carbocycles. The van der Waals surface area contributed by atoms with Crippen molar-refractivity contribution in [3.05, 3.63) is 44.4 Å². The molecule has 1 aromatic heterocycles. The van der Waals surface area contributed by atoms with E-state index in [-0.39, 0.29) is 22.9 Å². The van der Waals surface area contributed by atoms with Gasteiger partial charge in [-0.15, -0.1) is 0 Å². The highest BCUT2D eigenvalue weighted by atomic mass is 127. The van der Waals surface area contributed by atoms with E-state index in [1.165, 1.54) is 6.07 Å². The van der Waals surface area contributed by atoms with Crippen LogP contribution in [0.2, 0.25) is 0 Å². The molecule has 10 heteroatoms. The maximum Gasteiger partial charge on any atom is 0.278 e. The van der Waals surface area contributed by atoms with Crippen molar-refractivity contribution in [2.24, 2.45) is 7.05 Å². The summed E-state index contributed by atoms with van der Waals surface area (Å²) in [5, 5.41) is 21.1. The minimum atomic E-state index is -0.981. The number of ketones is 1. The molecule has 0 spiro atoms. The number of nitrogens with zero attached hydrogens (tertiary/aromatic N) is 1. The van der Waals surface area contributed by atoms with Crippen molar-refractivity contribution in [2.75, 3.05) is 18.5 Å². The lowest BCUT2D eigenvalue weighted by Crippen LogP contribution is -2.34. The summed E-state index contributed by atoms with van der Waals surface area (Å²) in [6, 6.07) is 4.62. The Morgan fingerprint density at radius 2 is 2.07 bits per heavy atom. The van der Waals surface area contributed by atoms with Crippen LogP contribution in [-0.2, 0) is 18.3 Å². The monoisotopic (exact) mass is 517 g/mol. The Labute approximate surface area is 180 Å². The molecule has 0 unspecified atom stereocenters. The predicted octanol–water partition coefficient (Wildman–Crippen LogP) is 2.05. The number of hydrogen-bond donors (Lipinski definition) is 4. The second kappa shape index (κ2) is 9.20. The van der Waals surface area contributed by atoms with E-state index in [0.29, 0.717) is 30.5 Å². The van der Waals surface area contributed by atoms with E-state index >= 15 is 0 Å².